The van der Waals surface area contributed by atoms with Crippen LogP contribution in [0.4, 0.5) is 0 Å². The molecule has 1 aromatic carbocycles. The average Bonchev–Trinajstić information content (AvgIpc) is 2.52. The number of halogens is 1. The van der Waals surface area contributed by atoms with E-state index in [2.05, 4.69) is 15.9 Å². The Morgan fingerprint density at radius 3 is 2.55 bits per heavy atom. The third-order valence-electron chi connectivity index (χ3n) is 3.88. The summed E-state index contributed by atoms with van der Waals surface area (Å²) < 4.78 is 11.2. The van der Waals surface area contributed by atoms with Crippen molar-refractivity contribution < 1.29 is 14.6 Å². The molecule has 1 aromatic rings. The standard InChI is InChI=1S/C16H23BrO3/c1-19-14-7-13(16(18)10-17)8-15(9-14)20-11-12-5-3-2-4-6-12/h7-9,12,16,18H,2-6,10-11H2,1H3/t16-/m1/s1. The summed E-state index contributed by atoms with van der Waals surface area (Å²) in [6.07, 6.45) is 5.99. The lowest BCUT2D eigenvalue weighted by atomic mass is 9.90. The van der Waals surface area contributed by atoms with E-state index in [4.69, 9.17) is 9.47 Å². The molecule has 1 saturated carbocycles. The van der Waals surface area contributed by atoms with Crippen LogP contribution in [0.3, 0.4) is 0 Å². The van der Waals surface area contributed by atoms with Crippen LogP contribution in [0.25, 0.3) is 0 Å². The predicted molar refractivity (Wildman–Crippen MR) is 83.8 cm³/mol. The van der Waals surface area contributed by atoms with Crippen molar-refractivity contribution in [1.82, 2.24) is 0 Å². The number of aliphatic hydroxyl groups is 1. The molecule has 0 spiro atoms. The second-order valence-corrected chi connectivity index (χ2v) is 6.07. The number of methoxy groups -OCH3 is 1. The fraction of sp³-hybridized carbons (Fsp3) is 0.625. The first-order valence-electron chi connectivity index (χ1n) is 7.28. The van der Waals surface area contributed by atoms with Crippen molar-refractivity contribution in [2.24, 2.45) is 5.92 Å². The number of benzene rings is 1. The van der Waals surface area contributed by atoms with Crippen LogP contribution < -0.4 is 9.47 Å². The maximum atomic E-state index is 9.93. The molecule has 1 N–H and O–H groups in total. The maximum absolute atomic E-state index is 9.93. The third kappa shape index (κ3) is 4.38. The molecular formula is C16H23BrO3. The van der Waals surface area contributed by atoms with Crippen LogP contribution in [0.5, 0.6) is 11.5 Å². The molecule has 0 aromatic heterocycles. The molecule has 1 fully saturated rings. The van der Waals surface area contributed by atoms with Gasteiger partial charge in [-0.05, 0) is 36.5 Å². The number of ether oxygens (including phenoxy) is 2. The summed E-state index contributed by atoms with van der Waals surface area (Å²) in [6.45, 7) is 0.761. The normalized spacial score (nSPS) is 17.8. The highest BCUT2D eigenvalue weighted by Gasteiger charge is 2.15. The zero-order valence-electron chi connectivity index (χ0n) is 12.0. The summed E-state index contributed by atoms with van der Waals surface area (Å²) in [7, 11) is 1.63. The molecule has 0 heterocycles. The van der Waals surface area contributed by atoms with Gasteiger partial charge in [0.2, 0.25) is 0 Å². The van der Waals surface area contributed by atoms with E-state index in [1.165, 1.54) is 32.1 Å². The Kier molecular flexibility index (Phi) is 6.17. The molecule has 2 rings (SSSR count). The Balaban J connectivity index is 2.01. The van der Waals surface area contributed by atoms with Gasteiger partial charge in [-0.2, -0.15) is 0 Å². The van der Waals surface area contributed by atoms with Gasteiger partial charge in [-0.3, -0.25) is 0 Å². The van der Waals surface area contributed by atoms with E-state index < -0.39 is 6.10 Å². The van der Waals surface area contributed by atoms with E-state index in [-0.39, 0.29) is 0 Å². The average molecular weight is 343 g/mol. The first-order chi connectivity index (χ1) is 9.72. The fourth-order valence-corrected chi connectivity index (χ4v) is 3.02. The SMILES string of the molecule is COc1cc(OCC2CCCCC2)cc([C@H](O)CBr)c1. The quantitative estimate of drug-likeness (QED) is 0.791. The Labute approximate surface area is 129 Å². The fourth-order valence-electron chi connectivity index (χ4n) is 2.64. The van der Waals surface area contributed by atoms with Crippen LogP contribution in [0.15, 0.2) is 18.2 Å². The summed E-state index contributed by atoms with van der Waals surface area (Å²) in [6, 6.07) is 5.63. The second kappa shape index (κ2) is 7.89. The summed E-state index contributed by atoms with van der Waals surface area (Å²) in [5.74, 6) is 2.17. The van der Waals surface area contributed by atoms with Crippen LogP contribution in [0.2, 0.25) is 0 Å². The van der Waals surface area contributed by atoms with Gasteiger partial charge in [0.15, 0.2) is 0 Å². The topological polar surface area (TPSA) is 38.7 Å². The van der Waals surface area contributed by atoms with Crippen molar-refractivity contribution in [3.05, 3.63) is 23.8 Å². The highest BCUT2D eigenvalue weighted by Crippen LogP contribution is 2.29. The highest BCUT2D eigenvalue weighted by atomic mass is 79.9. The Bertz CT molecular complexity index is 416. The summed E-state index contributed by atoms with van der Waals surface area (Å²) in [5, 5.41) is 10.4. The van der Waals surface area contributed by atoms with Crippen LogP contribution in [0.1, 0.15) is 43.8 Å². The summed E-state index contributed by atoms with van der Waals surface area (Å²) in [5.41, 5.74) is 0.819. The molecule has 3 nitrogen and oxygen atoms in total. The van der Waals surface area contributed by atoms with E-state index in [0.717, 1.165) is 23.7 Å². The number of hydrogen-bond donors (Lipinski definition) is 1. The van der Waals surface area contributed by atoms with Crippen LogP contribution in [0, 0.1) is 5.92 Å². The molecule has 20 heavy (non-hydrogen) atoms. The lowest BCUT2D eigenvalue weighted by Gasteiger charge is -2.22. The molecule has 4 heteroatoms. The van der Waals surface area contributed by atoms with E-state index in [1.807, 2.05) is 18.2 Å². The van der Waals surface area contributed by atoms with Crippen LogP contribution in [-0.4, -0.2) is 24.2 Å². The maximum Gasteiger partial charge on any atom is 0.123 e. The Morgan fingerprint density at radius 2 is 1.90 bits per heavy atom. The Hall–Kier alpha value is -0.740. The van der Waals surface area contributed by atoms with Crippen LogP contribution >= 0.6 is 15.9 Å². The van der Waals surface area contributed by atoms with Gasteiger partial charge < -0.3 is 14.6 Å². The van der Waals surface area contributed by atoms with Gasteiger partial charge in [0.05, 0.1) is 19.8 Å². The van der Waals surface area contributed by atoms with Gasteiger partial charge in [0.1, 0.15) is 11.5 Å². The molecule has 0 aliphatic heterocycles. The zero-order valence-corrected chi connectivity index (χ0v) is 13.6. The third-order valence-corrected chi connectivity index (χ3v) is 4.49. The largest absolute Gasteiger partial charge is 0.497 e. The molecule has 1 aliphatic carbocycles. The molecule has 0 saturated heterocycles. The van der Waals surface area contributed by atoms with E-state index in [9.17, 15) is 5.11 Å². The van der Waals surface area contributed by atoms with Gasteiger partial charge >= 0.3 is 0 Å². The first kappa shape index (κ1) is 15.6. The van der Waals surface area contributed by atoms with Crippen molar-refractivity contribution in [2.75, 3.05) is 19.0 Å². The van der Waals surface area contributed by atoms with Crippen LogP contribution in [-0.2, 0) is 0 Å². The van der Waals surface area contributed by atoms with Gasteiger partial charge in [0.25, 0.3) is 0 Å². The number of hydrogen-bond acceptors (Lipinski definition) is 3. The van der Waals surface area contributed by atoms with E-state index in [1.54, 1.807) is 7.11 Å². The summed E-state index contributed by atoms with van der Waals surface area (Å²) >= 11 is 3.29. The number of alkyl halides is 1. The smallest absolute Gasteiger partial charge is 0.123 e. The lowest BCUT2D eigenvalue weighted by Crippen LogP contribution is -2.15. The zero-order chi connectivity index (χ0) is 14.4. The summed E-state index contributed by atoms with van der Waals surface area (Å²) in [4.78, 5) is 0. The number of aliphatic hydroxyl groups excluding tert-OH is 1. The lowest BCUT2D eigenvalue weighted by molar-refractivity contribution is 0.198. The second-order valence-electron chi connectivity index (χ2n) is 5.43. The molecule has 1 aliphatic rings. The first-order valence-corrected chi connectivity index (χ1v) is 8.41. The van der Waals surface area contributed by atoms with Gasteiger partial charge in [0, 0.05) is 11.4 Å². The molecule has 0 amide bonds. The number of rotatable bonds is 6. The predicted octanol–water partition coefficient (Wildman–Crippen LogP) is 4.08. The minimum absolute atomic E-state index is 0.502. The Morgan fingerprint density at radius 1 is 1.20 bits per heavy atom. The van der Waals surface area contributed by atoms with E-state index in [0.29, 0.717) is 11.2 Å². The molecular weight excluding hydrogens is 320 g/mol. The minimum Gasteiger partial charge on any atom is -0.497 e. The van der Waals surface area contributed by atoms with Crippen molar-refractivity contribution >= 4 is 15.9 Å². The van der Waals surface area contributed by atoms with Gasteiger partial charge in [-0.15, -0.1) is 0 Å². The van der Waals surface area contributed by atoms with Crippen molar-refractivity contribution in [3.8, 4) is 11.5 Å². The molecule has 0 radical (unpaired) electrons. The van der Waals surface area contributed by atoms with Crippen molar-refractivity contribution in [1.29, 1.82) is 0 Å². The molecule has 1 atom stereocenters. The molecule has 0 bridgehead atoms. The van der Waals surface area contributed by atoms with Gasteiger partial charge in [-0.25, -0.2) is 0 Å². The van der Waals surface area contributed by atoms with E-state index >= 15 is 0 Å². The highest BCUT2D eigenvalue weighted by molar-refractivity contribution is 9.09. The molecule has 0 unspecified atom stereocenters. The van der Waals surface area contributed by atoms with Gasteiger partial charge in [-0.1, -0.05) is 35.2 Å². The minimum atomic E-state index is -0.540. The molecule has 112 valence electrons. The van der Waals surface area contributed by atoms with Crippen molar-refractivity contribution in [2.45, 2.75) is 38.2 Å². The van der Waals surface area contributed by atoms with Crippen molar-refractivity contribution in [3.63, 3.8) is 0 Å². The monoisotopic (exact) mass is 342 g/mol.